The van der Waals surface area contributed by atoms with Crippen LogP contribution in [0.3, 0.4) is 0 Å². The van der Waals surface area contributed by atoms with Gasteiger partial charge >= 0.3 is 0 Å². The van der Waals surface area contributed by atoms with Gasteiger partial charge in [-0.2, -0.15) is 0 Å². The Morgan fingerprint density at radius 3 is 2.48 bits per heavy atom. The highest BCUT2D eigenvalue weighted by Crippen LogP contribution is 2.13. The summed E-state index contributed by atoms with van der Waals surface area (Å²) >= 11 is 0. The fraction of sp³-hybridized carbons (Fsp3) is 0.778. The lowest BCUT2D eigenvalue weighted by Gasteiger charge is -2.24. The van der Waals surface area contributed by atoms with Gasteiger partial charge in [-0.1, -0.05) is 44.8 Å². The highest BCUT2D eigenvalue weighted by Gasteiger charge is 2.16. The Bertz CT molecular complexity index is 289. The normalized spacial score (nSPS) is 17.8. The SMILES string of the molecule is CCCCC/C=C/CCCCCCC1NC=CN1CCO. The van der Waals surface area contributed by atoms with Crippen LogP contribution in [-0.2, 0) is 0 Å². The molecule has 3 heteroatoms. The van der Waals surface area contributed by atoms with Crippen molar-refractivity contribution in [2.24, 2.45) is 0 Å². The molecule has 122 valence electrons. The molecule has 1 aliphatic rings. The Morgan fingerprint density at radius 2 is 1.76 bits per heavy atom. The number of unbranched alkanes of at least 4 members (excludes halogenated alkanes) is 7. The van der Waals surface area contributed by atoms with Gasteiger partial charge in [0, 0.05) is 18.9 Å². The van der Waals surface area contributed by atoms with Crippen molar-refractivity contribution in [1.29, 1.82) is 0 Å². The Morgan fingerprint density at radius 1 is 1.05 bits per heavy atom. The predicted molar refractivity (Wildman–Crippen MR) is 90.8 cm³/mol. The van der Waals surface area contributed by atoms with Crippen LogP contribution in [0.15, 0.2) is 24.6 Å². The lowest BCUT2D eigenvalue weighted by Crippen LogP contribution is -2.36. The minimum Gasteiger partial charge on any atom is -0.395 e. The van der Waals surface area contributed by atoms with Crippen molar-refractivity contribution in [2.75, 3.05) is 13.2 Å². The molecule has 0 saturated heterocycles. The van der Waals surface area contributed by atoms with E-state index in [1.165, 1.54) is 64.2 Å². The molecular weight excluding hydrogens is 260 g/mol. The summed E-state index contributed by atoms with van der Waals surface area (Å²) in [5.74, 6) is 0. The Labute approximate surface area is 131 Å². The smallest absolute Gasteiger partial charge is 0.0982 e. The number of nitrogens with zero attached hydrogens (tertiary/aromatic N) is 1. The molecule has 1 rings (SSSR count). The van der Waals surface area contributed by atoms with E-state index >= 15 is 0 Å². The topological polar surface area (TPSA) is 35.5 Å². The highest BCUT2D eigenvalue weighted by atomic mass is 16.3. The largest absolute Gasteiger partial charge is 0.395 e. The van der Waals surface area contributed by atoms with E-state index in [9.17, 15) is 0 Å². The van der Waals surface area contributed by atoms with Crippen LogP contribution in [0.4, 0.5) is 0 Å². The lowest BCUT2D eigenvalue weighted by molar-refractivity contribution is 0.194. The number of rotatable bonds is 13. The van der Waals surface area contributed by atoms with Gasteiger partial charge in [-0.25, -0.2) is 0 Å². The first kappa shape index (κ1) is 18.1. The van der Waals surface area contributed by atoms with Gasteiger partial charge in [0.1, 0.15) is 0 Å². The van der Waals surface area contributed by atoms with E-state index in [2.05, 4.69) is 29.3 Å². The van der Waals surface area contributed by atoms with Gasteiger partial charge in [-0.15, -0.1) is 0 Å². The van der Waals surface area contributed by atoms with Gasteiger partial charge in [0.2, 0.25) is 0 Å². The molecule has 0 aromatic rings. The van der Waals surface area contributed by atoms with Crippen LogP contribution < -0.4 is 5.32 Å². The van der Waals surface area contributed by atoms with E-state index in [1.807, 2.05) is 12.4 Å². The van der Waals surface area contributed by atoms with Crippen molar-refractivity contribution in [3.05, 3.63) is 24.6 Å². The zero-order valence-electron chi connectivity index (χ0n) is 13.8. The third-order valence-corrected chi connectivity index (χ3v) is 4.05. The predicted octanol–water partition coefficient (Wildman–Crippen LogP) is 4.16. The first-order valence-corrected chi connectivity index (χ1v) is 8.82. The van der Waals surface area contributed by atoms with E-state index in [4.69, 9.17) is 5.11 Å². The monoisotopic (exact) mass is 294 g/mol. The molecule has 0 fully saturated rings. The summed E-state index contributed by atoms with van der Waals surface area (Å²) in [7, 11) is 0. The van der Waals surface area contributed by atoms with Crippen molar-refractivity contribution < 1.29 is 5.11 Å². The molecule has 3 nitrogen and oxygen atoms in total. The summed E-state index contributed by atoms with van der Waals surface area (Å²) in [6, 6.07) is 0. The van der Waals surface area contributed by atoms with Crippen molar-refractivity contribution >= 4 is 0 Å². The third kappa shape index (κ3) is 8.82. The molecule has 1 atom stereocenters. The molecule has 1 heterocycles. The van der Waals surface area contributed by atoms with Crippen LogP contribution in [0.25, 0.3) is 0 Å². The second-order valence-electron chi connectivity index (χ2n) is 5.92. The fourth-order valence-corrected chi connectivity index (χ4v) is 2.75. The van der Waals surface area contributed by atoms with Crippen LogP contribution in [0.1, 0.15) is 71.1 Å². The van der Waals surface area contributed by atoms with Gasteiger partial charge in [0.15, 0.2) is 0 Å². The fourth-order valence-electron chi connectivity index (χ4n) is 2.75. The van der Waals surface area contributed by atoms with Gasteiger partial charge in [0.25, 0.3) is 0 Å². The minimum atomic E-state index is 0.229. The Balaban J connectivity index is 1.88. The average Bonchev–Trinajstić information content (AvgIpc) is 2.92. The van der Waals surface area contributed by atoms with E-state index in [1.54, 1.807) is 0 Å². The molecule has 1 aliphatic heterocycles. The van der Waals surface area contributed by atoms with Crippen LogP contribution in [0.5, 0.6) is 0 Å². The van der Waals surface area contributed by atoms with E-state index in [0.717, 1.165) is 6.54 Å². The zero-order chi connectivity index (χ0) is 15.2. The first-order valence-electron chi connectivity index (χ1n) is 8.82. The quantitative estimate of drug-likeness (QED) is 0.395. The van der Waals surface area contributed by atoms with Gasteiger partial charge in [-0.3, -0.25) is 0 Å². The molecule has 0 amide bonds. The lowest BCUT2D eigenvalue weighted by atomic mass is 10.1. The molecule has 0 radical (unpaired) electrons. The summed E-state index contributed by atoms with van der Waals surface area (Å²) in [5, 5.41) is 12.3. The maximum atomic E-state index is 8.99. The van der Waals surface area contributed by atoms with Gasteiger partial charge in [-0.05, 0) is 38.5 Å². The summed E-state index contributed by atoms with van der Waals surface area (Å²) in [5.41, 5.74) is 0. The number of hydrogen-bond acceptors (Lipinski definition) is 3. The van der Waals surface area contributed by atoms with Gasteiger partial charge < -0.3 is 15.3 Å². The Hall–Kier alpha value is -0.960. The minimum absolute atomic E-state index is 0.229. The molecule has 0 aliphatic carbocycles. The van der Waals surface area contributed by atoms with Crippen molar-refractivity contribution in [3.63, 3.8) is 0 Å². The summed E-state index contributed by atoms with van der Waals surface area (Å²) in [4.78, 5) is 2.19. The standard InChI is InChI=1S/C18H34N2O/c1-2-3-4-5-6-7-8-9-10-11-12-13-18-19-14-15-20(18)16-17-21/h6-7,14-15,18-19,21H,2-5,8-13,16-17H2,1H3/b7-6+. The second kappa shape index (κ2) is 12.8. The number of allylic oxidation sites excluding steroid dienone is 2. The average molecular weight is 294 g/mol. The van der Waals surface area contributed by atoms with Crippen molar-refractivity contribution in [1.82, 2.24) is 10.2 Å². The second-order valence-corrected chi connectivity index (χ2v) is 5.92. The molecule has 0 spiro atoms. The van der Waals surface area contributed by atoms with Crippen LogP contribution in [-0.4, -0.2) is 29.3 Å². The van der Waals surface area contributed by atoms with E-state index in [-0.39, 0.29) is 6.61 Å². The Kier molecular flexibility index (Phi) is 11.0. The van der Waals surface area contributed by atoms with Crippen molar-refractivity contribution in [3.8, 4) is 0 Å². The van der Waals surface area contributed by atoms with Crippen LogP contribution >= 0.6 is 0 Å². The molecule has 0 saturated carbocycles. The first-order chi connectivity index (χ1) is 10.4. The number of β-amino-alcohol motifs (C(OH)–C–C–N with tert-alkyl or cyclic N) is 1. The van der Waals surface area contributed by atoms with E-state index in [0.29, 0.717) is 6.17 Å². The molecule has 21 heavy (non-hydrogen) atoms. The maximum absolute atomic E-state index is 8.99. The number of hydrogen-bond donors (Lipinski definition) is 2. The number of aliphatic hydroxyl groups excluding tert-OH is 1. The molecular formula is C18H34N2O. The zero-order valence-corrected chi connectivity index (χ0v) is 13.8. The van der Waals surface area contributed by atoms with Crippen LogP contribution in [0, 0.1) is 0 Å². The molecule has 1 unspecified atom stereocenters. The molecule has 0 aromatic carbocycles. The number of aliphatic hydroxyl groups is 1. The molecule has 0 bridgehead atoms. The maximum Gasteiger partial charge on any atom is 0.0982 e. The van der Waals surface area contributed by atoms with Crippen LogP contribution in [0.2, 0.25) is 0 Å². The summed E-state index contributed by atoms with van der Waals surface area (Å²) in [6.45, 7) is 3.22. The highest BCUT2D eigenvalue weighted by molar-refractivity contribution is 4.93. The molecule has 2 N–H and O–H groups in total. The van der Waals surface area contributed by atoms with Gasteiger partial charge in [0.05, 0.1) is 12.8 Å². The third-order valence-electron chi connectivity index (χ3n) is 4.05. The number of nitrogens with one attached hydrogen (secondary N) is 1. The van der Waals surface area contributed by atoms with Crippen molar-refractivity contribution in [2.45, 2.75) is 77.3 Å². The molecule has 0 aromatic heterocycles. The van der Waals surface area contributed by atoms with E-state index < -0.39 is 0 Å². The summed E-state index contributed by atoms with van der Waals surface area (Å²) < 4.78 is 0. The summed E-state index contributed by atoms with van der Waals surface area (Å²) in [6.07, 6.45) is 22.1.